The molecule has 1 saturated heterocycles. The third-order valence-corrected chi connectivity index (χ3v) is 3.43. The number of methoxy groups -OCH3 is 1. The number of nitrogens with zero attached hydrogens (tertiary/aromatic N) is 2. The maximum atomic E-state index is 5.92. The fraction of sp³-hybridized carbons (Fsp3) is 0.583. The zero-order chi connectivity index (χ0) is 11.4. The van der Waals surface area contributed by atoms with Crippen LogP contribution in [0.15, 0.2) is 18.5 Å². The van der Waals surface area contributed by atoms with Crippen LogP contribution < -0.4 is 4.90 Å². The molecule has 1 aromatic rings. The molecule has 16 heavy (non-hydrogen) atoms. The van der Waals surface area contributed by atoms with Gasteiger partial charge in [-0.15, -0.1) is 11.6 Å². The average Bonchev–Trinajstić information content (AvgIpc) is 2.39. The van der Waals surface area contributed by atoms with Crippen molar-refractivity contribution in [2.45, 2.75) is 24.8 Å². The molecule has 0 N–H and O–H groups in total. The fourth-order valence-corrected chi connectivity index (χ4v) is 2.37. The van der Waals surface area contributed by atoms with Gasteiger partial charge in [-0.25, -0.2) is 0 Å². The lowest BCUT2D eigenvalue weighted by molar-refractivity contribution is 0.0819. The van der Waals surface area contributed by atoms with Gasteiger partial charge in [-0.05, 0) is 18.9 Å². The van der Waals surface area contributed by atoms with Crippen molar-refractivity contribution < 1.29 is 4.74 Å². The summed E-state index contributed by atoms with van der Waals surface area (Å²) in [4.78, 5) is 6.48. The number of pyridine rings is 1. The van der Waals surface area contributed by atoms with Gasteiger partial charge < -0.3 is 9.64 Å². The van der Waals surface area contributed by atoms with Gasteiger partial charge in [0, 0.05) is 43.8 Å². The third kappa shape index (κ3) is 2.47. The predicted octanol–water partition coefficient (Wildman–Crippen LogP) is 2.44. The van der Waals surface area contributed by atoms with E-state index in [1.54, 1.807) is 7.11 Å². The van der Waals surface area contributed by atoms with Crippen molar-refractivity contribution in [1.82, 2.24) is 4.98 Å². The zero-order valence-electron chi connectivity index (χ0n) is 9.53. The first kappa shape index (κ1) is 11.7. The number of halogens is 1. The smallest absolute Gasteiger partial charge is 0.0605 e. The molecule has 0 aliphatic carbocycles. The van der Waals surface area contributed by atoms with E-state index in [4.69, 9.17) is 16.3 Å². The molecule has 0 bridgehead atoms. The van der Waals surface area contributed by atoms with Crippen LogP contribution in [0, 0.1) is 0 Å². The maximum Gasteiger partial charge on any atom is 0.0605 e. The molecule has 0 saturated carbocycles. The van der Waals surface area contributed by atoms with Crippen LogP contribution in [0.4, 0.5) is 5.69 Å². The van der Waals surface area contributed by atoms with E-state index in [0.717, 1.165) is 31.5 Å². The summed E-state index contributed by atoms with van der Waals surface area (Å²) in [5.74, 6) is 0.521. The van der Waals surface area contributed by atoms with Gasteiger partial charge in [-0.1, -0.05) is 0 Å². The monoisotopic (exact) mass is 240 g/mol. The molecule has 2 rings (SSSR count). The van der Waals surface area contributed by atoms with Crippen molar-refractivity contribution in [3.05, 3.63) is 24.0 Å². The predicted molar refractivity (Wildman–Crippen MR) is 66.0 cm³/mol. The molecule has 1 aliphatic rings. The van der Waals surface area contributed by atoms with Crippen molar-refractivity contribution in [1.29, 1.82) is 0 Å². The third-order valence-electron chi connectivity index (χ3n) is 3.14. The van der Waals surface area contributed by atoms with Crippen molar-refractivity contribution in [2.24, 2.45) is 0 Å². The number of ether oxygens (including phenoxy) is 1. The van der Waals surface area contributed by atoms with Gasteiger partial charge in [0.15, 0.2) is 0 Å². The number of alkyl halides is 1. The topological polar surface area (TPSA) is 25.4 Å². The van der Waals surface area contributed by atoms with Crippen LogP contribution in [0.1, 0.15) is 18.4 Å². The van der Waals surface area contributed by atoms with Crippen molar-refractivity contribution in [3.8, 4) is 0 Å². The highest BCUT2D eigenvalue weighted by Crippen LogP contribution is 2.25. The van der Waals surface area contributed by atoms with E-state index in [1.165, 1.54) is 5.69 Å². The summed E-state index contributed by atoms with van der Waals surface area (Å²) in [6.45, 7) is 2.07. The second-order valence-corrected chi connectivity index (χ2v) is 4.33. The standard InChI is InChI=1S/C12H17ClN2O/c1-16-11-3-6-15(7-4-11)12-2-5-14-9-10(12)8-13/h2,5,9,11H,3-4,6-8H2,1H3. The first-order valence-electron chi connectivity index (χ1n) is 5.61. The molecule has 1 fully saturated rings. The lowest BCUT2D eigenvalue weighted by atomic mass is 10.1. The second kappa shape index (κ2) is 5.51. The highest BCUT2D eigenvalue weighted by molar-refractivity contribution is 6.17. The number of hydrogen-bond donors (Lipinski definition) is 0. The van der Waals surface area contributed by atoms with E-state index < -0.39 is 0 Å². The Morgan fingerprint density at radius 1 is 1.50 bits per heavy atom. The molecule has 0 spiro atoms. The highest BCUT2D eigenvalue weighted by Gasteiger charge is 2.20. The Bertz CT molecular complexity index is 338. The van der Waals surface area contributed by atoms with Crippen molar-refractivity contribution >= 4 is 17.3 Å². The fourth-order valence-electron chi connectivity index (χ4n) is 2.16. The quantitative estimate of drug-likeness (QED) is 0.759. The molecule has 0 radical (unpaired) electrons. The Labute approximate surface area is 101 Å². The van der Waals surface area contributed by atoms with Crippen LogP contribution in [0.25, 0.3) is 0 Å². The van der Waals surface area contributed by atoms with E-state index >= 15 is 0 Å². The number of hydrogen-bond acceptors (Lipinski definition) is 3. The molecule has 1 aliphatic heterocycles. The molecule has 88 valence electrons. The largest absolute Gasteiger partial charge is 0.381 e. The van der Waals surface area contributed by atoms with Crippen molar-refractivity contribution in [3.63, 3.8) is 0 Å². The molecule has 0 aromatic carbocycles. The van der Waals surface area contributed by atoms with E-state index in [9.17, 15) is 0 Å². The lowest BCUT2D eigenvalue weighted by Crippen LogP contribution is -2.37. The minimum Gasteiger partial charge on any atom is -0.381 e. The molecular formula is C12H17ClN2O. The maximum absolute atomic E-state index is 5.92. The number of aromatic nitrogens is 1. The Morgan fingerprint density at radius 2 is 2.25 bits per heavy atom. The minimum absolute atomic E-state index is 0.414. The average molecular weight is 241 g/mol. The van der Waals surface area contributed by atoms with Gasteiger partial charge >= 0.3 is 0 Å². The number of rotatable bonds is 3. The van der Waals surface area contributed by atoms with Crippen molar-refractivity contribution in [2.75, 3.05) is 25.1 Å². The molecule has 4 heteroatoms. The molecule has 0 atom stereocenters. The summed E-state index contributed by atoms with van der Waals surface area (Å²) in [5.41, 5.74) is 2.33. The van der Waals surface area contributed by atoms with Gasteiger partial charge in [0.1, 0.15) is 0 Å². The van der Waals surface area contributed by atoms with Crippen LogP contribution in [-0.4, -0.2) is 31.3 Å². The summed E-state index contributed by atoms with van der Waals surface area (Å²) in [5, 5.41) is 0. The van der Waals surface area contributed by atoms with E-state index in [1.807, 2.05) is 18.5 Å². The van der Waals surface area contributed by atoms with Crippen LogP contribution in [0.5, 0.6) is 0 Å². The van der Waals surface area contributed by atoms with Crippen LogP contribution in [-0.2, 0) is 10.6 Å². The minimum atomic E-state index is 0.414. The molecular weight excluding hydrogens is 224 g/mol. The summed E-state index contributed by atoms with van der Waals surface area (Å²) >= 11 is 5.92. The lowest BCUT2D eigenvalue weighted by Gasteiger charge is -2.33. The Hall–Kier alpha value is -0.800. The summed E-state index contributed by atoms with van der Waals surface area (Å²) in [6, 6.07) is 2.05. The first-order chi connectivity index (χ1) is 7.85. The summed E-state index contributed by atoms with van der Waals surface area (Å²) < 4.78 is 5.37. The highest BCUT2D eigenvalue weighted by atomic mass is 35.5. The van der Waals surface area contributed by atoms with Gasteiger partial charge in [-0.2, -0.15) is 0 Å². The van der Waals surface area contributed by atoms with Crippen LogP contribution in [0.2, 0.25) is 0 Å². The van der Waals surface area contributed by atoms with E-state index in [2.05, 4.69) is 9.88 Å². The molecule has 0 unspecified atom stereocenters. The Kier molecular flexibility index (Phi) is 4.02. The van der Waals surface area contributed by atoms with Crippen LogP contribution in [0.3, 0.4) is 0 Å². The van der Waals surface area contributed by atoms with Gasteiger partial charge in [-0.3, -0.25) is 4.98 Å². The SMILES string of the molecule is COC1CCN(c2ccncc2CCl)CC1. The number of piperidine rings is 1. The molecule has 2 heterocycles. The molecule has 0 amide bonds. The summed E-state index contributed by atoms with van der Waals surface area (Å²) in [7, 11) is 1.79. The van der Waals surface area contributed by atoms with E-state index in [-0.39, 0.29) is 0 Å². The molecule has 1 aromatic heterocycles. The second-order valence-electron chi connectivity index (χ2n) is 4.06. The van der Waals surface area contributed by atoms with Gasteiger partial charge in [0.2, 0.25) is 0 Å². The van der Waals surface area contributed by atoms with E-state index in [0.29, 0.717) is 12.0 Å². The molecule has 3 nitrogen and oxygen atoms in total. The Balaban J connectivity index is 2.07. The summed E-state index contributed by atoms with van der Waals surface area (Å²) in [6.07, 6.45) is 6.26. The number of anilines is 1. The van der Waals surface area contributed by atoms with Gasteiger partial charge in [0.05, 0.1) is 12.0 Å². The normalized spacial score (nSPS) is 17.8. The Morgan fingerprint density at radius 3 is 2.88 bits per heavy atom. The van der Waals surface area contributed by atoms with Gasteiger partial charge in [0.25, 0.3) is 0 Å². The van der Waals surface area contributed by atoms with Crippen LogP contribution >= 0.6 is 11.6 Å². The first-order valence-corrected chi connectivity index (χ1v) is 6.15. The zero-order valence-corrected chi connectivity index (χ0v) is 10.3.